The number of ether oxygens (including phenoxy) is 1. The number of amides is 1. The fourth-order valence-corrected chi connectivity index (χ4v) is 3.00. The second-order valence-electron chi connectivity index (χ2n) is 6.75. The van der Waals surface area contributed by atoms with Gasteiger partial charge in [-0.3, -0.25) is 10.1 Å². The van der Waals surface area contributed by atoms with Crippen LogP contribution < -0.4 is 5.32 Å². The summed E-state index contributed by atoms with van der Waals surface area (Å²) in [5.74, 6) is -1.43. The van der Waals surface area contributed by atoms with Crippen molar-refractivity contribution in [3.05, 3.63) is 77.9 Å². The number of rotatable bonds is 5. The average Bonchev–Trinajstić information content (AvgIpc) is 3.21. The highest BCUT2D eigenvalue weighted by atomic mass is 16.5. The van der Waals surface area contributed by atoms with Gasteiger partial charge in [0, 0.05) is 17.0 Å². The van der Waals surface area contributed by atoms with E-state index in [1.165, 1.54) is 6.07 Å². The van der Waals surface area contributed by atoms with Crippen LogP contribution in [0.15, 0.2) is 71.3 Å². The minimum Gasteiger partial charge on any atom is -0.506 e. The Labute approximate surface area is 171 Å². The van der Waals surface area contributed by atoms with Crippen molar-refractivity contribution in [2.75, 3.05) is 11.9 Å². The van der Waals surface area contributed by atoms with Crippen LogP contribution in [-0.2, 0) is 9.53 Å². The van der Waals surface area contributed by atoms with Gasteiger partial charge in [-0.15, -0.1) is 0 Å². The molecule has 3 aromatic carbocycles. The van der Waals surface area contributed by atoms with Gasteiger partial charge in [-0.1, -0.05) is 65.3 Å². The highest BCUT2D eigenvalue weighted by Gasteiger charge is 2.17. The maximum Gasteiger partial charge on any atom is 0.342 e. The molecule has 0 saturated carbocycles. The van der Waals surface area contributed by atoms with Crippen LogP contribution in [-0.4, -0.2) is 28.7 Å². The molecule has 4 rings (SSSR count). The number of anilines is 1. The van der Waals surface area contributed by atoms with Crippen LogP contribution in [0.25, 0.3) is 22.0 Å². The van der Waals surface area contributed by atoms with Gasteiger partial charge in [-0.2, -0.15) is 0 Å². The van der Waals surface area contributed by atoms with Crippen LogP contribution >= 0.6 is 0 Å². The largest absolute Gasteiger partial charge is 0.506 e. The van der Waals surface area contributed by atoms with E-state index in [-0.39, 0.29) is 17.2 Å². The Hall–Kier alpha value is -4.13. The molecule has 2 N–H and O–H groups in total. The molecule has 0 unspecified atom stereocenters. The molecular formula is C23H18N2O5. The van der Waals surface area contributed by atoms with E-state index in [2.05, 4.69) is 10.5 Å². The number of hydrogen-bond donors (Lipinski definition) is 2. The number of carbonyl (C=O) groups excluding carboxylic acids is 2. The molecule has 30 heavy (non-hydrogen) atoms. The summed E-state index contributed by atoms with van der Waals surface area (Å²) in [6, 6.07) is 19.5. The van der Waals surface area contributed by atoms with E-state index in [9.17, 15) is 14.7 Å². The Bertz CT molecular complexity index is 1230. The number of hydrogen-bond acceptors (Lipinski definition) is 6. The number of phenols is 1. The van der Waals surface area contributed by atoms with Crippen LogP contribution in [0.4, 0.5) is 5.88 Å². The molecule has 0 atom stereocenters. The number of nitrogens with one attached hydrogen (secondary N) is 1. The number of aromatic nitrogens is 1. The second kappa shape index (κ2) is 8.08. The van der Waals surface area contributed by atoms with Gasteiger partial charge in [0.05, 0.1) is 0 Å². The Morgan fingerprint density at radius 1 is 1.07 bits per heavy atom. The Kier molecular flexibility index (Phi) is 5.17. The Morgan fingerprint density at radius 3 is 2.63 bits per heavy atom. The van der Waals surface area contributed by atoms with Gasteiger partial charge < -0.3 is 14.4 Å². The van der Waals surface area contributed by atoms with Crippen molar-refractivity contribution in [3.63, 3.8) is 0 Å². The first kappa shape index (κ1) is 19.2. The fraction of sp³-hybridized carbons (Fsp3) is 0.0870. The molecular weight excluding hydrogens is 384 g/mol. The minimum atomic E-state index is -0.800. The molecule has 7 heteroatoms. The number of carbonyl (C=O) groups is 2. The van der Waals surface area contributed by atoms with E-state index in [0.29, 0.717) is 11.1 Å². The molecule has 0 aliphatic rings. The van der Waals surface area contributed by atoms with Gasteiger partial charge in [0.1, 0.15) is 17.0 Å². The quantitative estimate of drug-likeness (QED) is 0.483. The summed E-state index contributed by atoms with van der Waals surface area (Å²) in [5, 5.41) is 18.1. The van der Waals surface area contributed by atoms with Crippen molar-refractivity contribution >= 4 is 28.5 Å². The van der Waals surface area contributed by atoms with E-state index in [1.807, 2.05) is 43.3 Å². The molecule has 0 aliphatic heterocycles. The zero-order valence-electron chi connectivity index (χ0n) is 16.1. The number of aromatic hydroxyl groups is 1. The highest BCUT2D eigenvalue weighted by molar-refractivity contribution is 6.02. The van der Waals surface area contributed by atoms with Crippen LogP contribution in [0.2, 0.25) is 0 Å². The zero-order chi connectivity index (χ0) is 21.1. The number of fused-ring (bicyclic) bond motifs is 1. The minimum absolute atomic E-state index is 0.0113. The van der Waals surface area contributed by atoms with E-state index in [1.54, 1.807) is 24.3 Å². The molecule has 0 fully saturated rings. The summed E-state index contributed by atoms with van der Waals surface area (Å²) in [6.45, 7) is 1.45. The number of phenolic OH excluding ortho intramolecular Hbond substituents is 1. The first-order valence-corrected chi connectivity index (χ1v) is 9.23. The third kappa shape index (κ3) is 4.00. The first-order chi connectivity index (χ1) is 14.5. The third-order valence-corrected chi connectivity index (χ3v) is 4.57. The normalized spacial score (nSPS) is 10.7. The van der Waals surface area contributed by atoms with Crippen molar-refractivity contribution in [1.82, 2.24) is 5.16 Å². The zero-order valence-corrected chi connectivity index (χ0v) is 16.1. The van der Waals surface area contributed by atoms with Crippen molar-refractivity contribution in [1.29, 1.82) is 0 Å². The maximum atomic E-state index is 12.3. The summed E-state index contributed by atoms with van der Waals surface area (Å²) in [5.41, 5.74) is 2.53. The molecule has 0 saturated heterocycles. The van der Waals surface area contributed by atoms with Gasteiger partial charge in [-0.05, 0) is 18.4 Å². The summed E-state index contributed by atoms with van der Waals surface area (Å²) in [4.78, 5) is 24.4. The lowest BCUT2D eigenvalue weighted by Gasteiger charge is -2.08. The third-order valence-electron chi connectivity index (χ3n) is 4.57. The van der Waals surface area contributed by atoms with Gasteiger partial charge in [0.2, 0.25) is 5.88 Å². The molecule has 0 radical (unpaired) electrons. The molecule has 150 valence electrons. The Balaban J connectivity index is 1.38. The first-order valence-electron chi connectivity index (χ1n) is 9.23. The molecule has 4 aromatic rings. The average molecular weight is 402 g/mol. The number of aryl methyl sites for hydroxylation is 1. The smallest absolute Gasteiger partial charge is 0.342 e. The Morgan fingerprint density at radius 2 is 1.83 bits per heavy atom. The van der Waals surface area contributed by atoms with Crippen LogP contribution in [0, 0.1) is 6.92 Å². The van der Waals surface area contributed by atoms with Crippen LogP contribution in [0.5, 0.6) is 5.75 Å². The predicted octanol–water partition coefficient (Wildman–Crippen LogP) is 4.30. The van der Waals surface area contributed by atoms with Crippen LogP contribution in [0.3, 0.4) is 0 Å². The van der Waals surface area contributed by atoms with Crippen molar-refractivity contribution in [2.24, 2.45) is 0 Å². The molecule has 0 bridgehead atoms. The van der Waals surface area contributed by atoms with Gasteiger partial charge in [0.15, 0.2) is 6.61 Å². The lowest BCUT2D eigenvalue weighted by molar-refractivity contribution is -0.119. The van der Waals surface area contributed by atoms with E-state index in [0.717, 1.165) is 16.5 Å². The standard InChI is InChI=1S/C23H18N2O5/c1-14-6-8-16(9-7-14)19-12-21(30-25-19)24-20(26)13-29-23(28)18-11-10-15-4-2-3-5-17(15)22(18)27/h2-12,27H,13H2,1H3,(H,24,26). The van der Waals surface area contributed by atoms with Gasteiger partial charge in [-0.25, -0.2) is 4.79 Å². The lowest BCUT2D eigenvalue weighted by atomic mass is 10.1. The summed E-state index contributed by atoms with van der Waals surface area (Å²) < 4.78 is 10.1. The van der Waals surface area contributed by atoms with E-state index in [4.69, 9.17) is 9.26 Å². The van der Waals surface area contributed by atoms with Gasteiger partial charge in [0.25, 0.3) is 5.91 Å². The molecule has 0 spiro atoms. The van der Waals surface area contributed by atoms with Crippen molar-refractivity contribution < 1.29 is 24.0 Å². The summed E-state index contributed by atoms with van der Waals surface area (Å²) in [6.07, 6.45) is 0. The van der Waals surface area contributed by atoms with Crippen molar-refractivity contribution in [3.8, 4) is 17.0 Å². The topological polar surface area (TPSA) is 102 Å². The predicted molar refractivity (Wildman–Crippen MR) is 111 cm³/mol. The fourth-order valence-electron chi connectivity index (χ4n) is 3.00. The van der Waals surface area contributed by atoms with E-state index >= 15 is 0 Å². The summed E-state index contributed by atoms with van der Waals surface area (Å²) in [7, 11) is 0. The summed E-state index contributed by atoms with van der Waals surface area (Å²) >= 11 is 0. The molecule has 0 aliphatic carbocycles. The maximum absolute atomic E-state index is 12.3. The molecule has 1 amide bonds. The molecule has 1 heterocycles. The second-order valence-corrected chi connectivity index (χ2v) is 6.75. The number of nitrogens with zero attached hydrogens (tertiary/aromatic N) is 1. The lowest BCUT2D eigenvalue weighted by Crippen LogP contribution is -2.20. The molecule has 1 aromatic heterocycles. The highest BCUT2D eigenvalue weighted by Crippen LogP contribution is 2.29. The van der Waals surface area contributed by atoms with Crippen LogP contribution in [0.1, 0.15) is 15.9 Å². The molecule has 7 nitrogen and oxygen atoms in total. The monoisotopic (exact) mass is 402 g/mol. The van der Waals surface area contributed by atoms with Crippen molar-refractivity contribution in [2.45, 2.75) is 6.92 Å². The van der Waals surface area contributed by atoms with Gasteiger partial charge >= 0.3 is 5.97 Å². The SMILES string of the molecule is Cc1ccc(-c2cc(NC(=O)COC(=O)c3ccc4ccccc4c3O)on2)cc1. The number of benzene rings is 3. The van der Waals surface area contributed by atoms with E-state index < -0.39 is 18.5 Å². The number of esters is 1.